The summed E-state index contributed by atoms with van der Waals surface area (Å²) in [6, 6.07) is 78.6. The van der Waals surface area contributed by atoms with Crippen molar-refractivity contribution in [3.8, 4) is 40.2 Å². The number of alkyl halides is 3. The number of halogens is 7. The first-order chi connectivity index (χ1) is 69.4. The van der Waals surface area contributed by atoms with E-state index in [1.807, 2.05) is 127 Å². The van der Waals surface area contributed by atoms with E-state index < -0.39 is 82.6 Å². The van der Waals surface area contributed by atoms with Crippen LogP contribution in [-0.2, 0) is 68.0 Å². The Labute approximate surface area is 872 Å². The van der Waals surface area contributed by atoms with Gasteiger partial charge in [0.1, 0.15) is 61.9 Å². The van der Waals surface area contributed by atoms with Gasteiger partial charge in [-0.05, 0) is 181 Å². The van der Waals surface area contributed by atoms with Gasteiger partial charge in [0.15, 0.2) is 13.2 Å². The van der Waals surface area contributed by atoms with Crippen LogP contribution in [0.4, 0.5) is 22.8 Å². The van der Waals surface area contributed by atoms with E-state index in [2.05, 4.69) is 34.4 Å². The lowest BCUT2D eigenvalue weighted by Gasteiger charge is -2.20. The number of aromatic nitrogens is 6. The standard InChI is InChI=1S/C34H33Cl2N4O5PS.C28H29Cl2N4O5PS.C16H15F3NO4P.C15H17O3P.C3H9O3P.C2H8NO3P/c1-24(2)32-33(47-30-20-26(35)19-27(36)21-30)40(22-25-13-15-37-16-14-25)31(39-32)23-43-34(41)38-17-18-46(42,44-28-9-5-3-6-10-28)45-29-11-7-4-8-12-29;1-19(2)26-27(41-24-15-21(29)14-22(30)16-24)34(17-20-8-10-31-11-9-20)25(33-26)18-38-28(35)32-12-13-40(36,37)39-23-6-4-3-5-7-23;17-16(18,19)15(21)20-11-12-25(22,23-13-7-3-1-4-8-13)24-14-9-5-2-6-10-14;1-2-13-19(16,17-14-9-5-3-6-10-14)18-15-11-7-4-8-12-15;1-2-3-7(4,5)6;3-1-2-7(4,5)6/h3-16,19-21,24H,17-18,22-23H2,1-2H3,(H,38,41);3-11,14-16,19H,12-13,17-18H2,1-2H3,(H,32,35)(H,36,37);1-10H,11-12H2,(H,20,21);3-12H,2,13H2,1H3;2-3H2,1H3,(H2,4,5,6);1-3H2,(H2,4,5,6). The number of hydrogen-bond donors (Lipinski definition) is 9. The van der Waals surface area contributed by atoms with Crippen molar-refractivity contribution < 1.29 is 121 Å². The van der Waals surface area contributed by atoms with Gasteiger partial charge in [-0.3, -0.25) is 23.9 Å². The summed E-state index contributed by atoms with van der Waals surface area (Å²) >= 11 is 28.1. The molecule has 0 fully saturated rings. The molecule has 0 spiro atoms. The molecule has 4 heterocycles. The van der Waals surface area contributed by atoms with Crippen molar-refractivity contribution in [2.75, 3.05) is 63.2 Å². The largest absolute Gasteiger partial charge is 0.471 e. The lowest BCUT2D eigenvalue weighted by molar-refractivity contribution is -0.173. The lowest BCUT2D eigenvalue weighted by atomic mass is 10.1. The van der Waals surface area contributed by atoms with Crippen molar-refractivity contribution in [3.05, 3.63) is 352 Å². The zero-order valence-electron chi connectivity index (χ0n) is 79.7. The minimum Gasteiger partial charge on any atom is -0.441 e. The van der Waals surface area contributed by atoms with Gasteiger partial charge in [-0.15, -0.1) is 0 Å². The molecule has 0 aliphatic rings. The van der Waals surface area contributed by atoms with Crippen LogP contribution in [0.3, 0.4) is 0 Å². The summed E-state index contributed by atoms with van der Waals surface area (Å²) in [6.45, 7) is 12.0. The van der Waals surface area contributed by atoms with Crippen molar-refractivity contribution in [1.29, 1.82) is 0 Å². The molecule has 48 heteroatoms. The van der Waals surface area contributed by atoms with Crippen molar-refractivity contribution in [1.82, 2.24) is 45.0 Å². The molecule has 9 aromatic carbocycles. The number of amides is 3. The van der Waals surface area contributed by atoms with E-state index in [0.29, 0.717) is 80.4 Å². The Morgan fingerprint density at radius 3 is 0.918 bits per heavy atom. The summed E-state index contributed by atoms with van der Waals surface area (Å²) in [4.78, 5) is 98.4. The monoisotopic (exact) mass is 2240 g/mol. The number of pyridine rings is 2. The number of benzene rings is 9. The van der Waals surface area contributed by atoms with Crippen LogP contribution >= 0.6 is 116 Å². The third-order valence-electron chi connectivity index (χ3n) is 18.7. The van der Waals surface area contributed by atoms with E-state index in [-0.39, 0.29) is 86.6 Å². The van der Waals surface area contributed by atoms with Crippen LogP contribution in [0.1, 0.15) is 100 Å². The number of nitrogens with two attached hydrogens (primary N) is 1. The summed E-state index contributed by atoms with van der Waals surface area (Å²) < 4.78 is 162. The lowest BCUT2D eigenvalue weighted by Crippen LogP contribution is -2.38. The Hall–Kier alpha value is -10.9. The van der Waals surface area contributed by atoms with Crippen molar-refractivity contribution in [2.24, 2.45) is 5.73 Å². The molecule has 0 aliphatic heterocycles. The number of rotatable bonds is 43. The molecule has 33 nitrogen and oxygen atoms in total. The first-order valence-electron chi connectivity index (χ1n) is 44.9. The molecule has 4 aromatic heterocycles. The molecule has 1 unspecified atom stereocenters. The van der Waals surface area contributed by atoms with Crippen LogP contribution in [0.5, 0.6) is 40.2 Å². The maximum Gasteiger partial charge on any atom is 0.471 e. The van der Waals surface area contributed by atoms with Gasteiger partial charge in [-0.25, -0.2) is 37.8 Å². The zero-order valence-corrected chi connectivity index (χ0v) is 89.8. The average Bonchev–Trinajstić information content (AvgIpc) is 1.65. The number of carbonyl (C=O) groups is 3. The van der Waals surface area contributed by atoms with Gasteiger partial charge in [0.2, 0.25) is 0 Å². The van der Waals surface area contributed by atoms with Crippen LogP contribution in [0.2, 0.25) is 20.1 Å². The Bertz CT molecular complexity index is 6310. The van der Waals surface area contributed by atoms with E-state index in [1.54, 1.807) is 189 Å². The highest BCUT2D eigenvalue weighted by Gasteiger charge is 2.40. The van der Waals surface area contributed by atoms with Crippen molar-refractivity contribution >= 4 is 134 Å². The van der Waals surface area contributed by atoms with Crippen LogP contribution in [0.15, 0.2) is 318 Å². The van der Waals surface area contributed by atoms with Crippen LogP contribution in [0, 0.1) is 0 Å². The molecular formula is C98H111Cl4F3N10O23P6S2. The zero-order chi connectivity index (χ0) is 106. The second kappa shape index (κ2) is 60.5. The van der Waals surface area contributed by atoms with Gasteiger partial charge in [0.25, 0.3) is 0 Å². The average molecular weight is 2250 g/mol. The molecule has 0 aliphatic carbocycles. The fraction of sp³-hybridized carbons (Fsp3) is 0.255. The van der Waals surface area contributed by atoms with E-state index >= 15 is 0 Å². The minimum atomic E-state index is -5.01. The molecule has 1 atom stereocenters. The maximum atomic E-state index is 13.8. The summed E-state index contributed by atoms with van der Waals surface area (Å²) in [5.74, 6) is 1.80. The normalized spacial score (nSPS) is 11.8. The highest BCUT2D eigenvalue weighted by atomic mass is 35.5. The first kappa shape index (κ1) is 120. The summed E-state index contributed by atoms with van der Waals surface area (Å²) in [7, 11) is -22.1. The topological polar surface area (TPSA) is 461 Å². The minimum absolute atomic E-state index is 0.00694. The van der Waals surface area contributed by atoms with E-state index in [9.17, 15) is 59.8 Å². The molecule has 0 radical (unpaired) electrons. The fourth-order valence-corrected chi connectivity index (χ4v) is 22.6. The predicted octanol–water partition coefficient (Wildman–Crippen LogP) is 25.3. The molecule has 13 rings (SSSR count). The number of para-hydroxylation sites is 7. The van der Waals surface area contributed by atoms with Gasteiger partial charge < -0.3 is 96.4 Å². The first-order valence-corrected chi connectivity index (χ1v) is 58.6. The Morgan fingerprint density at radius 1 is 0.390 bits per heavy atom. The SMILES string of the molecule is CC(C)c1nc(COC(=O)NCCP(=O)(O)Oc2ccccc2)n(Cc2ccncc2)c1Sc1cc(Cl)cc(Cl)c1.CC(C)c1nc(COC(=O)NCCP(=O)(Oc2ccccc2)Oc2ccccc2)n(Cc2ccncc2)c1Sc1cc(Cl)cc(Cl)c1.CCCP(=O)(O)O.CCCP(=O)(Oc1ccccc1)Oc1ccccc1.NCCP(=O)(O)O.O=C(NCCP(=O)(Oc1ccccc1)Oc1ccccc1)C(F)(F)F. The number of nitrogens with zero attached hydrogens (tertiary/aromatic N) is 6. The summed E-state index contributed by atoms with van der Waals surface area (Å²) in [5.41, 5.74) is 8.48. The molecule has 146 heavy (non-hydrogen) atoms. The second-order valence-corrected chi connectivity index (χ2v) is 47.0. The van der Waals surface area contributed by atoms with Gasteiger partial charge >= 0.3 is 69.8 Å². The van der Waals surface area contributed by atoms with Gasteiger partial charge in [-0.2, -0.15) is 13.2 Å². The summed E-state index contributed by atoms with van der Waals surface area (Å²) in [6.07, 6.45) is 1.07. The predicted molar refractivity (Wildman–Crippen MR) is 561 cm³/mol. The molecule has 0 saturated heterocycles. The number of carbonyl (C=O) groups excluding carboxylic acids is 3. The highest BCUT2D eigenvalue weighted by molar-refractivity contribution is 7.99. The molecular weight excluding hydrogens is 2130 g/mol. The van der Waals surface area contributed by atoms with E-state index in [1.165, 1.54) is 47.8 Å². The number of alkyl carbamates (subject to hydrolysis) is 2. The molecule has 3 amide bonds. The molecule has 782 valence electrons. The van der Waals surface area contributed by atoms with Crippen LogP contribution in [-0.4, -0.2) is 141 Å². The molecule has 0 saturated carbocycles. The van der Waals surface area contributed by atoms with E-state index in [0.717, 1.165) is 48.8 Å². The maximum absolute atomic E-state index is 13.8. The highest BCUT2D eigenvalue weighted by Crippen LogP contribution is 2.52. The van der Waals surface area contributed by atoms with Gasteiger partial charge in [-0.1, -0.05) is 239 Å². The number of hydrogen-bond acceptors (Lipinski definition) is 25. The quantitative estimate of drug-likeness (QED) is 0.0160. The molecule has 0 bridgehead atoms. The van der Waals surface area contributed by atoms with Crippen molar-refractivity contribution in [2.45, 2.75) is 119 Å². The van der Waals surface area contributed by atoms with Crippen LogP contribution < -0.4 is 53.4 Å². The second-order valence-electron chi connectivity index (χ2n) is 31.6. The third-order valence-corrected chi connectivity index (χ3v) is 30.4. The molecule has 10 N–H and O–H groups in total. The van der Waals surface area contributed by atoms with Gasteiger partial charge in [0, 0.05) is 87.0 Å². The molecule has 13 aromatic rings. The Balaban J connectivity index is 0.000000237. The number of nitrogens with one attached hydrogen (secondary N) is 3. The smallest absolute Gasteiger partial charge is 0.441 e. The van der Waals surface area contributed by atoms with Gasteiger partial charge in [0.05, 0.1) is 55.3 Å². The number of imidazole rings is 2. The number of ether oxygens (including phenoxy) is 2. The fourth-order valence-electron chi connectivity index (χ4n) is 12.2. The Morgan fingerprint density at radius 2 is 0.664 bits per heavy atom. The van der Waals surface area contributed by atoms with E-state index in [4.69, 9.17) is 123 Å². The third kappa shape index (κ3) is 45.8. The Kier molecular flexibility index (Phi) is 49.9. The van der Waals surface area contributed by atoms with Crippen LogP contribution in [0.25, 0.3) is 0 Å². The van der Waals surface area contributed by atoms with Crippen molar-refractivity contribution in [3.63, 3.8) is 0 Å². The summed E-state index contributed by atoms with van der Waals surface area (Å²) in [5, 5.41) is 10.7.